The fourth-order valence-electron chi connectivity index (χ4n) is 3.23. The Hall–Kier alpha value is -1.68. The van der Waals surface area contributed by atoms with Crippen molar-refractivity contribution in [3.05, 3.63) is 42.0 Å². The van der Waals surface area contributed by atoms with E-state index in [1.54, 1.807) is 0 Å². The van der Waals surface area contributed by atoms with Crippen molar-refractivity contribution in [3.8, 4) is 5.69 Å². The number of nitrogens with zero attached hydrogens (tertiary/aromatic N) is 3. The van der Waals surface area contributed by atoms with Crippen molar-refractivity contribution in [2.24, 2.45) is 0 Å². The molecule has 2 heterocycles. The Morgan fingerprint density at radius 1 is 1.15 bits per heavy atom. The number of hydrogen-bond acceptors (Lipinski definition) is 3. The summed E-state index contributed by atoms with van der Waals surface area (Å²) >= 11 is 0. The topological polar surface area (TPSA) is 42.7 Å². The second-order valence-electron chi connectivity index (χ2n) is 5.63. The number of aryl methyl sites for hydroxylation is 1. The smallest absolute Gasteiger partial charge is 0.143 e. The molecule has 106 valence electrons. The van der Waals surface area contributed by atoms with E-state index in [9.17, 15) is 0 Å². The summed E-state index contributed by atoms with van der Waals surface area (Å²) in [5.74, 6) is 2.10. The first-order valence-corrected chi connectivity index (χ1v) is 7.45. The molecule has 0 aliphatic carbocycles. The van der Waals surface area contributed by atoms with E-state index in [4.69, 9.17) is 0 Å². The fraction of sp³-hybridized carbons (Fsp3) is 0.500. The molecule has 0 amide bonds. The van der Waals surface area contributed by atoms with Gasteiger partial charge in [-0.3, -0.25) is 4.57 Å². The van der Waals surface area contributed by atoms with Crippen LogP contribution in [0.1, 0.15) is 37.8 Å². The van der Waals surface area contributed by atoms with Crippen molar-refractivity contribution in [1.29, 1.82) is 0 Å². The van der Waals surface area contributed by atoms with Gasteiger partial charge < -0.3 is 5.32 Å². The molecule has 1 aliphatic rings. The minimum atomic E-state index is 0.155. The van der Waals surface area contributed by atoms with Gasteiger partial charge in [-0.05, 0) is 51.4 Å². The Morgan fingerprint density at radius 3 is 2.50 bits per heavy atom. The number of hydrogen-bond donors (Lipinski definition) is 1. The lowest BCUT2D eigenvalue weighted by Crippen LogP contribution is -2.41. The third-order valence-corrected chi connectivity index (χ3v) is 4.55. The summed E-state index contributed by atoms with van der Waals surface area (Å²) in [7, 11) is 0. The van der Waals surface area contributed by atoms with Crippen LogP contribution >= 0.6 is 0 Å². The van der Waals surface area contributed by atoms with Crippen LogP contribution < -0.4 is 5.32 Å². The highest BCUT2D eigenvalue weighted by Crippen LogP contribution is 2.36. The first-order valence-electron chi connectivity index (χ1n) is 7.45. The van der Waals surface area contributed by atoms with E-state index in [0.717, 1.165) is 49.7 Å². The molecule has 1 aromatic carbocycles. The lowest BCUT2D eigenvalue weighted by Gasteiger charge is -2.36. The van der Waals surface area contributed by atoms with Crippen molar-refractivity contribution in [2.75, 3.05) is 13.1 Å². The normalized spacial score (nSPS) is 18.1. The molecule has 1 fully saturated rings. The summed E-state index contributed by atoms with van der Waals surface area (Å²) in [5.41, 5.74) is 1.32. The maximum Gasteiger partial charge on any atom is 0.143 e. The molecule has 3 rings (SSSR count). The first-order chi connectivity index (χ1) is 9.77. The van der Waals surface area contributed by atoms with E-state index in [1.165, 1.54) is 0 Å². The molecule has 0 radical (unpaired) electrons. The Labute approximate surface area is 120 Å². The minimum Gasteiger partial charge on any atom is -0.317 e. The van der Waals surface area contributed by atoms with Crippen LogP contribution in [0.5, 0.6) is 0 Å². The van der Waals surface area contributed by atoms with Gasteiger partial charge >= 0.3 is 0 Å². The SMILES string of the molecule is CCC1(c2nnc(C)n2-c2ccccc2)CCNCC1. The summed E-state index contributed by atoms with van der Waals surface area (Å²) in [6.45, 7) is 6.43. The zero-order valence-electron chi connectivity index (χ0n) is 12.3. The van der Waals surface area contributed by atoms with E-state index >= 15 is 0 Å². The number of rotatable bonds is 3. The van der Waals surface area contributed by atoms with Gasteiger partial charge in [0.05, 0.1) is 0 Å². The molecule has 0 spiro atoms. The highest BCUT2D eigenvalue weighted by Gasteiger charge is 2.37. The van der Waals surface area contributed by atoms with Crippen LogP contribution in [0.25, 0.3) is 5.69 Å². The molecule has 4 heteroatoms. The van der Waals surface area contributed by atoms with Crippen molar-refractivity contribution in [2.45, 2.75) is 38.5 Å². The Bertz CT molecular complexity index is 567. The van der Waals surface area contributed by atoms with Crippen molar-refractivity contribution in [3.63, 3.8) is 0 Å². The Balaban J connectivity index is 2.10. The average Bonchev–Trinajstić information content (AvgIpc) is 2.91. The monoisotopic (exact) mass is 270 g/mol. The zero-order chi connectivity index (χ0) is 14.0. The summed E-state index contributed by atoms with van der Waals surface area (Å²) in [5, 5.41) is 12.3. The first kappa shape index (κ1) is 13.3. The lowest BCUT2D eigenvalue weighted by molar-refractivity contribution is 0.278. The van der Waals surface area contributed by atoms with E-state index in [2.05, 4.69) is 51.3 Å². The third kappa shape index (κ3) is 2.14. The van der Waals surface area contributed by atoms with Crippen LogP contribution in [0.3, 0.4) is 0 Å². The van der Waals surface area contributed by atoms with Crippen molar-refractivity contribution < 1.29 is 0 Å². The Kier molecular flexibility index (Phi) is 3.57. The number of aromatic nitrogens is 3. The third-order valence-electron chi connectivity index (χ3n) is 4.55. The molecule has 1 N–H and O–H groups in total. The number of nitrogens with one attached hydrogen (secondary N) is 1. The van der Waals surface area contributed by atoms with Crippen molar-refractivity contribution >= 4 is 0 Å². The molecular weight excluding hydrogens is 248 g/mol. The largest absolute Gasteiger partial charge is 0.317 e. The highest BCUT2D eigenvalue weighted by molar-refractivity contribution is 5.35. The van der Waals surface area contributed by atoms with E-state index in [1.807, 2.05) is 13.0 Å². The molecule has 1 aliphatic heterocycles. The van der Waals surface area contributed by atoms with E-state index in [-0.39, 0.29) is 5.41 Å². The number of piperidine rings is 1. The predicted octanol–water partition coefficient (Wildman–Crippen LogP) is 2.61. The maximum absolute atomic E-state index is 4.54. The standard InChI is InChI=1S/C16H22N4/c1-3-16(9-11-17-12-10-16)15-19-18-13(2)20(15)14-7-5-4-6-8-14/h4-8,17H,3,9-12H2,1-2H3. The van der Waals surface area contributed by atoms with Crippen LogP contribution in [0.4, 0.5) is 0 Å². The highest BCUT2D eigenvalue weighted by atomic mass is 15.3. The van der Waals surface area contributed by atoms with Gasteiger partial charge in [0.25, 0.3) is 0 Å². The second kappa shape index (κ2) is 5.37. The van der Waals surface area contributed by atoms with Gasteiger partial charge in [-0.2, -0.15) is 0 Å². The quantitative estimate of drug-likeness (QED) is 0.932. The van der Waals surface area contributed by atoms with Gasteiger partial charge in [0.2, 0.25) is 0 Å². The molecule has 0 bridgehead atoms. The molecule has 1 saturated heterocycles. The molecule has 1 aromatic heterocycles. The number of para-hydroxylation sites is 1. The van der Waals surface area contributed by atoms with E-state index in [0.29, 0.717) is 0 Å². The average molecular weight is 270 g/mol. The fourth-order valence-corrected chi connectivity index (χ4v) is 3.23. The van der Waals surface area contributed by atoms with E-state index < -0.39 is 0 Å². The Morgan fingerprint density at radius 2 is 1.85 bits per heavy atom. The van der Waals surface area contributed by atoms with Crippen LogP contribution in [0.2, 0.25) is 0 Å². The van der Waals surface area contributed by atoms with Crippen LogP contribution in [-0.4, -0.2) is 27.9 Å². The maximum atomic E-state index is 4.54. The van der Waals surface area contributed by atoms with Gasteiger partial charge in [-0.1, -0.05) is 25.1 Å². The molecule has 20 heavy (non-hydrogen) atoms. The molecule has 4 nitrogen and oxygen atoms in total. The summed E-state index contributed by atoms with van der Waals surface area (Å²) in [6, 6.07) is 10.4. The number of benzene rings is 1. The van der Waals surface area contributed by atoms with Gasteiger partial charge in [-0.25, -0.2) is 0 Å². The van der Waals surface area contributed by atoms with Gasteiger partial charge in [0.1, 0.15) is 11.6 Å². The molecule has 0 saturated carbocycles. The van der Waals surface area contributed by atoms with Gasteiger partial charge in [0.15, 0.2) is 0 Å². The molecule has 0 unspecified atom stereocenters. The van der Waals surface area contributed by atoms with Gasteiger partial charge in [-0.15, -0.1) is 10.2 Å². The molecule has 2 aromatic rings. The molecular formula is C16H22N4. The predicted molar refractivity (Wildman–Crippen MR) is 80.2 cm³/mol. The summed E-state index contributed by atoms with van der Waals surface area (Å²) in [4.78, 5) is 0. The summed E-state index contributed by atoms with van der Waals surface area (Å²) < 4.78 is 2.23. The van der Waals surface area contributed by atoms with Crippen LogP contribution in [0, 0.1) is 6.92 Å². The zero-order valence-corrected chi connectivity index (χ0v) is 12.3. The second-order valence-corrected chi connectivity index (χ2v) is 5.63. The van der Waals surface area contributed by atoms with Crippen LogP contribution in [-0.2, 0) is 5.41 Å². The molecule has 0 atom stereocenters. The van der Waals surface area contributed by atoms with Gasteiger partial charge in [0, 0.05) is 11.1 Å². The summed E-state index contributed by atoms with van der Waals surface area (Å²) in [6.07, 6.45) is 3.38. The van der Waals surface area contributed by atoms with Crippen LogP contribution in [0.15, 0.2) is 30.3 Å². The van der Waals surface area contributed by atoms with Crippen molar-refractivity contribution in [1.82, 2.24) is 20.1 Å². The minimum absolute atomic E-state index is 0.155. The lowest BCUT2D eigenvalue weighted by atomic mass is 9.76.